The lowest BCUT2D eigenvalue weighted by Crippen LogP contribution is -2.58. The summed E-state index contributed by atoms with van der Waals surface area (Å²) >= 11 is 0. The number of aromatic nitrogens is 1. The lowest BCUT2D eigenvalue weighted by Gasteiger charge is -2.43. The highest BCUT2D eigenvalue weighted by Gasteiger charge is 2.40. The van der Waals surface area contributed by atoms with E-state index in [1.807, 2.05) is 30.3 Å². The number of rotatable bonds is 10. The van der Waals surface area contributed by atoms with Crippen molar-refractivity contribution in [3.05, 3.63) is 102 Å². The van der Waals surface area contributed by atoms with Crippen LogP contribution < -0.4 is 11.1 Å². The minimum Gasteiger partial charge on any atom is -0.354 e. The number of likely N-dealkylation sites (tertiary alicyclic amines) is 1. The summed E-state index contributed by atoms with van der Waals surface area (Å²) in [6, 6.07) is 17.9. The number of nitrogens with zero attached hydrogens (tertiary/aromatic N) is 3. The first-order valence-electron chi connectivity index (χ1n) is 15.7. The predicted molar refractivity (Wildman–Crippen MR) is 167 cm³/mol. The van der Waals surface area contributed by atoms with Crippen LogP contribution in [0, 0.1) is 17.7 Å². The van der Waals surface area contributed by atoms with Crippen LogP contribution in [0.1, 0.15) is 64.8 Å². The average molecular weight is 600 g/mol. The van der Waals surface area contributed by atoms with E-state index < -0.39 is 11.9 Å². The predicted octanol–water partition coefficient (Wildman–Crippen LogP) is 4.46. The third-order valence-corrected chi connectivity index (χ3v) is 9.19. The molecule has 1 aliphatic heterocycles. The molecular formula is C35H42FN5O3. The van der Waals surface area contributed by atoms with Gasteiger partial charge in [0.05, 0.1) is 5.56 Å². The van der Waals surface area contributed by atoms with Crippen LogP contribution in [-0.4, -0.2) is 70.8 Å². The van der Waals surface area contributed by atoms with Gasteiger partial charge in [0.25, 0.3) is 11.8 Å². The quantitative estimate of drug-likeness (QED) is 0.358. The Labute approximate surface area is 258 Å². The summed E-state index contributed by atoms with van der Waals surface area (Å²) in [7, 11) is 0. The number of pyridine rings is 1. The Morgan fingerprint density at radius 3 is 2.32 bits per heavy atom. The number of piperidine rings is 1. The van der Waals surface area contributed by atoms with Gasteiger partial charge in [-0.2, -0.15) is 0 Å². The van der Waals surface area contributed by atoms with Crippen molar-refractivity contribution in [1.82, 2.24) is 20.1 Å². The molecule has 2 aliphatic rings. The molecule has 44 heavy (non-hydrogen) atoms. The second-order valence-corrected chi connectivity index (χ2v) is 12.0. The van der Waals surface area contributed by atoms with Gasteiger partial charge in [-0.15, -0.1) is 0 Å². The number of carbonyl (C=O) groups excluding carboxylic acids is 3. The van der Waals surface area contributed by atoms with Crippen molar-refractivity contribution in [1.29, 1.82) is 0 Å². The summed E-state index contributed by atoms with van der Waals surface area (Å²) in [5, 5.41) is 3.15. The summed E-state index contributed by atoms with van der Waals surface area (Å²) in [6.07, 6.45) is 8.75. The molecule has 3 aromatic rings. The van der Waals surface area contributed by atoms with Crippen LogP contribution >= 0.6 is 0 Å². The van der Waals surface area contributed by atoms with Crippen molar-refractivity contribution >= 4 is 17.7 Å². The maximum atomic E-state index is 13.9. The van der Waals surface area contributed by atoms with Gasteiger partial charge >= 0.3 is 0 Å². The average Bonchev–Trinajstić information content (AvgIpc) is 3.08. The van der Waals surface area contributed by atoms with Crippen molar-refractivity contribution in [2.24, 2.45) is 17.6 Å². The Balaban J connectivity index is 1.36. The molecule has 9 heteroatoms. The Bertz CT molecular complexity index is 1380. The molecule has 3 N–H and O–H groups in total. The van der Waals surface area contributed by atoms with Crippen LogP contribution in [0.4, 0.5) is 4.39 Å². The molecule has 1 saturated carbocycles. The second-order valence-electron chi connectivity index (χ2n) is 12.0. The topological polar surface area (TPSA) is 109 Å². The summed E-state index contributed by atoms with van der Waals surface area (Å²) < 4.78 is 13.7. The zero-order valence-electron chi connectivity index (χ0n) is 25.1. The Morgan fingerprint density at radius 1 is 0.909 bits per heavy atom. The van der Waals surface area contributed by atoms with E-state index in [0.717, 1.165) is 31.2 Å². The molecule has 1 aliphatic carbocycles. The van der Waals surface area contributed by atoms with E-state index in [9.17, 15) is 18.8 Å². The number of halogens is 1. The maximum absolute atomic E-state index is 13.9. The lowest BCUT2D eigenvalue weighted by atomic mass is 9.82. The molecule has 0 radical (unpaired) electrons. The largest absolute Gasteiger partial charge is 0.354 e. The van der Waals surface area contributed by atoms with Crippen LogP contribution in [0.25, 0.3) is 0 Å². The van der Waals surface area contributed by atoms with Gasteiger partial charge in [-0.25, -0.2) is 4.39 Å². The summed E-state index contributed by atoms with van der Waals surface area (Å²) in [4.78, 5) is 48.9. The van der Waals surface area contributed by atoms with Gasteiger partial charge < -0.3 is 20.9 Å². The van der Waals surface area contributed by atoms with E-state index in [0.29, 0.717) is 68.4 Å². The van der Waals surface area contributed by atoms with Crippen molar-refractivity contribution in [3.8, 4) is 0 Å². The van der Waals surface area contributed by atoms with Crippen molar-refractivity contribution in [3.63, 3.8) is 0 Å². The fraction of sp³-hybridized carbons (Fsp3) is 0.429. The van der Waals surface area contributed by atoms with E-state index in [1.165, 1.54) is 30.5 Å². The molecule has 1 saturated heterocycles. The molecule has 1 unspecified atom stereocenters. The number of nitrogens with one attached hydrogen (secondary N) is 1. The third kappa shape index (κ3) is 7.88. The standard InChI is InChI=1S/C35H42FN5O3/c36-30-14-12-28(13-15-30)34(43)40(19-16-25-5-2-1-3-6-25)31-17-20-41(35(44)29-7-4-18-38-24-29)32(21-31)33(42)39-23-27-10-8-26(22-37)9-11-27/h1-7,12-15,18,24,26-27,31-32H,8-11,16-17,19-23,37H2,(H,39,42)/t26?,27?,31?,32-/m1/s1. The molecular weight excluding hydrogens is 557 g/mol. The van der Waals surface area contributed by atoms with Gasteiger partial charge in [-0.3, -0.25) is 19.4 Å². The molecule has 0 bridgehead atoms. The van der Waals surface area contributed by atoms with Gasteiger partial charge in [-0.1, -0.05) is 30.3 Å². The van der Waals surface area contributed by atoms with E-state index >= 15 is 0 Å². The molecule has 0 spiro atoms. The van der Waals surface area contributed by atoms with E-state index in [1.54, 1.807) is 28.1 Å². The van der Waals surface area contributed by atoms with Gasteiger partial charge in [-0.05, 0) is 105 Å². The minimum atomic E-state index is -0.748. The zero-order valence-corrected chi connectivity index (χ0v) is 25.1. The summed E-state index contributed by atoms with van der Waals surface area (Å²) in [5.41, 5.74) is 7.77. The fourth-order valence-electron chi connectivity index (χ4n) is 6.51. The molecule has 2 heterocycles. The van der Waals surface area contributed by atoms with Gasteiger partial charge in [0, 0.05) is 43.6 Å². The first kappa shape index (κ1) is 31.3. The SMILES string of the molecule is NCC1CCC(CNC(=O)[C@H]2CC(N(CCc3ccccc3)C(=O)c3ccc(F)cc3)CCN2C(=O)c2cccnc2)CC1. The van der Waals surface area contributed by atoms with E-state index in [-0.39, 0.29) is 23.8 Å². The highest BCUT2D eigenvalue weighted by molar-refractivity contribution is 5.98. The number of nitrogens with two attached hydrogens (primary N) is 1. The molecule has 2 fully saturated rings. The number of carbonyl (C=O) groups is 3. The second kappa shape index (κ2) is 15.1. The van der Waals surface area contributed by atoms with Gasteiger partial charge in [0.1, 0.15) is 11.9 Å². The van der Waals surface area contributed by atoms with Crippen molar-refractivity contribution in [2.75, 3.05) is 26.2 Å². The monoisotopic (exact) mass is 599 g/mol. The van der Waals surface area contributed by atoms with E-state index in [2.05, 4.69) is 10.3 Å². The normalized spacial score (nSPS) is 21.8. The first-order valence-corrected chi connectivity index (χ1v) is 15.7. The number of amides is 3. The van der Waals surface area contributed by atoms with Crippen molar-refractivity contribution < 1.29 is 18.8 Å². The minimum absolute atomic E-state index is 0.204. The van der Waals surface area contributed by atoms with Crippen LogP contribution in [-0.2, 0) is 11.2 Å². The molecule has 5 rings (SSSR count). The fourth-order valence-corrected chi connectivity index (χ4v) is 6.51. The van der Waals surface area contributed by atoms with Crippen LogP contribution in [0.3, 0.4) is 0 Å². The molecule has 1 aromatic heterocycles. The Hall–Kier alpha value is -4.11. The van der Waals surface area contributed by atoms with Crippen LogP contribution in [0.15, 0.2) is 79.1 Å². The first-order chi connectivity index (χ1) is 21.4. The number of hydrogen-bond donors (Lipinski definition) is 2. The Kier molecular flexibility index (Phi) is 10.7. The highest BCUT2D eigenvalue weighted by Crippen LogP contribution is 2.29. The summed E-state index contributed by atoms with van der Waals surface area (Å²) in [6.45, 7) is 2.00. The molecule has 2 aromatic carbocycles. The zero-order chi connectivity index (χ0) is 30.9. The van der Waals surface area contributed by atoms with Gasteiger partial charge in [0.2, 0.25) is 5.91 Å². The number of hydrogen-bond acceptors (Lipinski definition) is 5. The Morgan fingerprint density at radius 2 is 1.64 bits per heavy atom. The third-order valence-electron chi connectivity index (χ3n) is 9.19. The summed E-state index contributed by atoms with van der Waals surface area (Å²) in [5.74, 6) is -0.146. The lowest BCUT2D eigenvalue weighted by molar-refractivity contribution is -0.127. The van der Waals surface area contributed by atoms with Crippen LogP contribution in [0.2, 0.25) is 0 Å². The number of benzene rings is 2. The molecule has 3 amide bonds. The van der Waals surface area contributed by atoms with Crippen LogP contribution in [0.5, 0.6) is 0 Å². The van der Waals surface area contributed by atoms with Crippen molar-refractivity contribution in [2.45, 2.75) is 57.0 Å². The molecule has 232 valence electrons. The molecule has 2 atom stereocenters. The highest BCUT2D eigenvalue weighted by atomic mass is 19.1. The van der Waals surface area contributed by atoms with Gasteiger partial charge in [0.15, 0.2) is 0 Å². The van der Waals surface area contributed by atoms with E-state index in [4.69, 9.17) is 5.73 Å². The smallest absolute Gasteiger partial charge is 0.256 e. The molecule has 8 nitrogen and oxygen atoms in total. The maximum Gasteiger partial charge on any atom is 0.256 e.